The number of morpholine rings is 1. The van der Waals surface area contributed by atoms with E-state index in [1.165, 1.54) is 0 Å². The van der Waals surface area contributed by atoms with Gasteiger partial charge in [0.25, 0.3) is 0 Å². The van der Waals surface area contributed by atoms with Crippen molar-refractivity contribution in [2.24, 2.45) is 0 Å². The van der Waals surface area contributed by atoms with E-state index in [1.807, 2.05) is 12.1 Å². The van der Waals surface area contributed by atoms with Crippen molar-refractivity contribution in [2.45, 2.75) is 24.4 Å². The fraction of sp³-hybridized carbons (Fsp3) is 0.435. The summed E-state index contributed by atoms with van der Waals surface area (Å²) >= 11 is 13.2. The molecule has 3 saturated heterocycles. The number of aliphatic hydroxyl groups is 1. The standard InChI is InChI=1S/C23H23Cl2N3O5/c24-14-9-15-20(18(25)23(26-15)33-17-11-32-21-16(29)10-31-22(17)21)27-19(14)12-1-3-13(4-2-12)28-5-7-30-8-6-28/h1-4,9,16-17,21-22,26,29H,5-8,10-11H2/t16-,17-,21-,22-/m1/s1. The minimum Gasteiger partial charge on any atom is -0.469 e. The second-order valence-corrected chi connectivity index (χ2v) is 9.23. The third-order valence-electron chi connectivity index (χ3n) is 6.40. The highest BCUT2D eigenvalue weighted by atomic mass is 35.5. The number of nitrogens with one attached hydrogen (secondary N) is 1. The van der Waals surface area contributed by atoms with Crippen molar-refractivity contribution in [1.29, 1.82) is 0 Å². The normalized spacial score (nSPS) is 27.3. The van der Waals surface area contributed by atoms with Crippen molar-refractivity contribution < 1.29 is 24.1 Å². The lowest BCUT2D eigenvalue weighted by molar-refractivity contribution is 0.00796. The zero-order chi connectivity index (χ0) is 22.5. The zero-order valence-electron chi connectivity index (χ0n) is 17.7. The molecule has 3 aliphatic rings. The van der Waals surface area contributed by atoms with Crippen molar-refractivity contribution in [2.75, 3.05) is 44.4 Å². The minimum atomic E-state index is -0.639. The van der Waals surface area contributed by atoms with Gasteiger partial charge in [0.15, 0.2) is 6.10 Å². The Bertz CT molecular complexity index is 1170. The zero-order valence-corrected chi connectivity index (χ0v) is 19.2. The predicted molar refractivity (Wildman–Crippen MR) is 124 cm³/mol. The van der Waals surface area contributed by atoms with Gasteiger partial charge in [-0.05, 0) is 18.2 Å². The summed E-state index contributed by atoms with van der Waals surface area (Å²) < 4.78 is 22.8. The first kappa shape index (κ1) is 21.5. The molecule has 33 heavy (non-hydrogen) atoms. The molecule has 0 spiro atoms. The van der Waals surface area contributed by atoms with E-state index < -0.39 is 6.10 Å². The Morgan fingerprint density at radius 1 is 1.06 bits per heavy atom. The molecule has 8 nitrogen and oxygen atoms in total. The van der Waals surface area contributed by atoms with E-state index in [2.05, 4.69) is 22.0 Å². The van der Waals surface area contributed by atoms with Crippen LogP contribution >= 0.6 is 23.2 Å². The smallest absolute Gasteiger partial charge is 0.213 e. The number of hydrogen-bond donors (Lipinski definition) is 2. The van der Waals surface area contributed by atoms with Crippen LogP contribution in [0.3, 0.4) is 0 Å². The van der Waals surface area contributed by atoms with E-state index in [4.69, 9.17) is 47.1 Å². The first-order valence-electron chi connectivity index (χ1n) is 11.0. The summed E-state index contributed by atoms with van der Waals surface area (Å²) in [6.07, 6.45) is -1.72. The van der Waals surface area contributed by atoms with Gasteiger partial charge in [-0.15, -0.1) is 0 Å². The van der Waals surface area contributed by atoms with Crippen LogP contribution in [0.5, 0.6) is 5.88 Å². The summed E-state index contributed by atoms with van der Waals surface area (Å²) in [5, 5.41) is 10.8. The van der Waals surface area contributed by atoms with Crippen LogP contribution in [-0.2, 0) is 14.2 Å². The highest BCUT2D eigenvalue weighted by Crippen LogP contribution is 2.39. The number of nitrogens with zero attached hydrogens (tertiary/aromatic N) is 2. The Morgan fingerprint density at radius 2 is 1.82 bits per heavy atom. The average Bonchev–Trinajstić information content (AvgIpc) is 3.50. The molecule has 174 valence electrons. The van der Waals surface area contributed by atoms with Gasteiger partial charge in [0.2, 0.25) is 5.88 Å². The average molecular weight is 492 g/mol. The van der Waals surface area contributed by atoms with Crippen molar-refractivity contribution >= 4 is 39.9 Å². The fourth-order valence-electron chi connectivity index (χ4n) is 4.67. The summed E-state index contributed by atoms with van der Waals surface area (Å²) in [5.41, 5.74) is 3.95. The molecule has 0 radical (unpaired) electrons. The SMILES string of the molecule is O[C@@H]1CO[C@H]2[C@@H]1OC[C@H]2Oc1[nH]c2cc(Cl)c(-c3ccc(N4CCOCC4)cc3)nc2c1Cl. The number of aliphatic hydroxyl groups excluding tert-OH is 1. The van der Waals surface area contributed by atoms with Gasteiger partial charge in [-0.3, -0.25) is 0 Å². The molecule has 4 atom stereocenters. The summed E-state index contributed by atoms with van der Waals surface area (Å²) in [5.74, 6) is 0.384. The Balaban J connectivity index is 1.27. The first-order valence-corrected chi connectivity index (χ1v) is 11.7. The van der Waals surface area contributed by atoms with Gasteiger partial charge in [0, 0.05) is 24.3 Å². The van der Waals surface area contributed by atoms with Crippen LogP contribution in [0, 0.1) is 0 Å². The lowest BCUT2D eigenvalue weighted by atomic mass is 10.1. The third kappa shape index (κ3) is 3.84. The first-order chi connectivity index (χ1) is 16.1. The lowest BCUT2D eigenvalue weighted by Gasteiger charge is -2.28. The lowest BCUT2D eigenvalue weighted by Crippen LogP contribution is -2.36. The highest BCUT2D eigenvalue weighted by Gasteiger charge is 2.48. The third-order valence-corrected chi connectivity index (χ3v) is 7.04. The number of aromatic nitrogens is 2. The van der Waals surface area contributed by atoms with Gasteiger partial charge >= 0.3 is 0 Å². The number of halogens is 2. The van der Waals surface area contributed by atoms with E-state index in [-0.39, 0.29) is 24.9 Å². The molecule has 0 unspecified atom stereocenters. The van der Waals surface area contributed by atoms with Crippen molar-refractivity contribution in [3.05, 3.63) is 40.4 Å². The summed E-state index contributed by atoms with van der Waals surface area (Å²) in [6.45, 7) is 3.79. The molecule has 5 heterocycles. The van der Waals surface area contributed by atoms with Crippen LogP contribution in [0.4, 0.5) is 5.69 Å². The van der Waals surface area contributed by atoms with Gasteiger partial charge in [0.05, 0.1) is 42.7 Å². The summed E-state index contributed by atoms with van der Waals surface area (Å²) in [6, 6.07) is 9.98. The number of hydrogen-bond acceptors (Lipinski definition) is 7. The Hall–Kier alpha value is -2.07. The van der Waals surface area contributed by atoms with Gasteiger partial charge in [0.1, 0.15) is 28.9 Å². The largest absolute Gasteiger partial charge is 0.469 e. The van der Waals surface area contributed by atoms with Gasteiger partial charge in [-0.2, -0.15) is 0 Å². The minimum absolute atomic E-state index is 0.237. The number of benzene rings is 1. The van der Waals surface area contributed by atoms with Gasteiger partial charge in [-0.1, -0.05) is 35.3 Å². The molecule has 0 saturated carbocycles. The Labute approximate surface area is 200 Å². The maximum absolute atomic E-state index is 9.94. The van der Waals surface area contributed by atoms with Crippen molar-refractivity contribution in [3.63, 3.8) is 0 Å². The number of ether oxygens (including phenoxy) is 4. The molecular weight excluding hydrogens is 469 g/mol. The molecule has 1 aromatic carbocycles. The number of fused-ring (bicyclic) bond motifs is 2. The maximum Gasteiger partial charge on any atom is 0.213 e. The second kappa shape index (κ2) is 8.61. The van der Waals surface area contributed by atoms with E-state index >= 15 is 0 Å². The molecule has 3 aromatic rings. The topological polar surface area (TPSA) is 89.1 Å². The summed E-state index contributed by atoms with van der Waals surface area (Å²) in [4.78, 5) is 10.2. The van der Waals surface area contributed by atoms with E-state index in [1.54, 1.807) is 6.07 Å². The van der Waals surface area contributed by atoms with Crippen molar-refractivity contribution in [3.8, 4) is 17.1 Å². The quantitative estimate of drug-likeness (QED) is 0.578. The van der Waals surface area contributed by atoms with Crippen LogP contribution < -0.4 is 9.64 Å². The molecule has 0 amide bonds. The monoisotopic (exact) mass is 491 g/mol. The molecule has 0 aliphatic carbocycles. The van der Waals surface area contributed by atoms with E-state index in [0.29, 0.717) is 39.3 Å². The van der Waals surface area contributed by atoms with E-state index in [9.17, 15) is 5.11 Å². The van der Waals surface area contributed by atoms with Crippen LogP contribution in [-0.4, -0.2) is 79.0 Å². The number of aromatic amines is 1. The predicted octanol–water partition coefficient (Wildman–Crippen LogP) is 3.28. The number of anilines is 1. The molecule has 3 fully saturated rings. The fourth-order valence-corrected chi connectivity index (χ4v) is 5.16. The Kier molecular flexibility index (Phi) is 5.60. The van der Waals surface area contributed by atoms with Gasteiger partial charge in [-0.25, -0.2) is 4.98 Å². The number of H-pyrrole nitrogens is 1. The van der Waals surface area contributed by atoms with Crippen LogP contribution in [0.2, 0.25) is 10.0 Å². The molecule has 3 aliphatic heterocycles. The number of rotatable bonds is 4. The molecule has 2 N–H and O–H groups in total. The second-order valence-electron chi connectivity index (χ2n) is 8.45. The highest BCUT2D eigenvalue weighted by molar-refractivity contribution is 6.38. The van der Waals surface area contributed by atoms with Crippen molar-refractivity contribution in [1.82, 2.24) is 9.97 Å². The van der Waals surface area contributed by atoms with Crippen LogP contribution in [0.25, 0.3) is 22.3 Å². The summed E-state index contributed by atoms with van der Waals surface area (Å²) in [7, 11) is 0. The number of pyridine rings is 1. The molecule has 10 heteroatoms. The molecule has 6 rings (SSSR count). The van der Waals surface area contributed by atoms with Gasteiger partial charge < -0.3 is 33.9 Å². The van der Waals surface area contributed by atoms with Crippen LogP contribution in [0.15, 0.2) is 30.3 Å². The van der Waals surface area contributed by atoms with Crippen LogP contribution in [0.1, 0.15) is 0 Å². The maximum atomic E-state index is 9.94. The molecule has 0 bridgehead atoms. The molecule has 2 aromatic heterocycles. The Morgan fingerprint density at radius 3 is 2.61 bits per heavy atom. The molecular formula is C23H23Cl2N3O5. The van der Waals surface area contributed by atoms with E-state index in [0.717, 1.165) is 37.6 Å².